The number of benzene rings is 1. The molecule has 0 atom stereocenters. The van der Waals surface area contributed by atoms with Crippen LogP contribution in [0.15, 0.2) is 24.3 Å². The molecule has 0 unspecified atom stereocenters. The third-order valence-electron chi connectivity index (χ3n) is 5.48. The number of piperazine rings is 1. The molecule has 1 aromatic carbocycles. The molecule has 1 saturated heterocycles. The van der Waals surface area contributed by atoms with Gasteiger partial charge in [-0.25, -0.2) is 4.39 Å². The molecule has 30 heavy (non-hydrogen) atoms. The number of rotatable bonds is 9. The Morgan fingerprint density at radius 2 is 1.70 bits per heavy atom. The van der Waals surface area contributed by atoms with E-state index < -0.39 is 0 Å². The molecule has 168 valence electrons. The highest BCUT2D eigenvalue weighted by atomic mass is 19.1. The van der Waals surface area contributed by atoms with Crippen LogP contribution in [0.1, 0.15) is 58.9 Å². The fraction of sp³-hybridized carbons (Fsp3) is 0.667. The van der Waals surface area contributed by atoms with E-state index in [2.05, 4.69) is 32.6 Å². The van der Waals surface area contributed by atoms with E-state index in [-0.39, 0.29) is 23.0 Å². The molecule has 0 aliphatic carbocycles. The van der Waals surface area contributed by atoms with Gasteiger partial charge in [0.15, 0.2) is 0 Å². The second-order valence-electron chi connectivity index (χ2n) is 9.51. The molecule has 2 rings (SSSR count). The van der Waals surface area contributed by atoms with Crippen molar-refractivity contribution in [3.8, 4) is 0 Å². The summed E-state index contributed by atoms with van der Waals surface area (Å²) in [7, 11) is 0. The van der Waals surface area contributed by atoms with E-state index >= 15 is 0 Å². The zero-order chi connectivity index (χ0) is 22.1. The van der Waals surface area contributed by atoms with Gasteiger partial charge >= 0.3 is 0 Å². The van der Waals surface area contributed by atoms with Crippen molar-refractivity contribution in [3.63, 3.8) is 0 Å². The van der Waals surface area contributed by atoms with Crippen molar-refractivity contribution in [2.24, 2.45) is 5.41 Å². The van der Waals surface area contributed by atoms with E-state index in [1.54, 1.807) is 12.1 Å². The summed E-state index contributed by atoms with van der Waals surface area (Å²) in [6.07, 6.45) is 2.99. The number of carbonyl (C=O) groups is 2. The number of hydrogen-bond acceptors (Lipinski definition) is 3. The minimum Gasteiger partial charge on any atom is -0.340 e. The summed E-state index contributed by atoms with van der Waals surface area (Å²) in [6, 6.07) is 6.37. The Bertz CT molecular complexity index is 677. The van der Waals surface area contributed by atoms with Crippen molar-refractivity contribution in [2.45, 2.75) is 59.9 Å². The van der Waals surface area contributed by atoms with Gasteiger partial charge in [0.25, 0.3) is 0 Å². The van der Waals surface area contributed by atoms with Crippen LogP contribution in [-0.2, 0) is 16.1 Å². The van der Waals surface area contributed by atoms with Crippen LogP contribution in [0, 0.1) is 11.2 Å². The highest BCUT2D eigenvalue weighted by molar-refractivity contribution is 5.77. The molecule has 2 amide bonds. The molecule has 0 aromatic heterocycles. The number of halogens is 1. The van der Waals surface area contributed by atoms with Crippen molar-refractivity contribution in [1.29, 1.82) is 0 Å². The molecule has 1 fully saturated rings. The maximum atomic E-state index is 13.2. The van der Waals surface area contributed by atoms with Crippen LogP contribution in [0.4, 0.5) is 4.39 Å². The van der Waals surface area contributed by atoms with Gasteiger partial charge < -0.3 is 9.80 Å². The van der Waals surface area contributed by atoms with Crippen LogP contribution in [0.25, 0.3) is 0 Å². The zero-order valence-corrected chi connectivity index (χ0v) is 19.1. The van der Waals surface area contributed by atoms with Crippen molar-refractivity contribution in [3.05, 3.63) is 35.6 Å². The normalized spacial score (nSPS) is 15.3. The van der Waals surface area contributed by atoms with Crippen molar-refractivity contribution < 1.29 is 14.0 Å². The number of carbonyl (C=O) groups excluding carboxylic acids is 2. The predicted molar refractivity (Wildman–Crippen MR) is 118 cm³/mol. The summed E-state index contributed by atoms with van der Waals surface area (Å²) in [5, 5.41) is 0. The van der Waals surface area contributed by atoms with E-state index in [4.69, 9.17) is 0 Å². The number of nitrogens with zero attached hydrogens (tertiary/aromatic N) is 3. The maximum Gasteiger partial charge on any atom is 0.223 e. The molecule has 1 aliphatic rings. The molecule has 0 N–H and O–H groups in total. The third-order valence-corrected chi connectivity index (χ3v) is 5.48. The molecule has 6 heteroatoms. The van der Waals surface area contributed by atoms with Crippen molar-refractivity contribution in [1.82, 2.24) is 14.7 Å². The lowest BCUT2D eigenvalue weighted by atomic mass is 9.91. The fourth-order valence-electron chi connectivity index (χ4n) is 3.64. The van der Waals surface area contributed by atoms with Gasteiger partial charge in [-0.15, -0.1) is 0 Å². The van der Waals surface area contributed by atoms with Crippen LogP contribution < -0.4 is 0 Å². The Morgan fingerprint density at radius 3 is 2.27 bits per heavy atom. The van der Waals surface area contributed by atoms with E-state index in [0.717, 1.165) is 51.1 Å². The van der Waals surface area contributed by atoms with E-state index in [1.165, 1.54) is 12.1 Å². The minimum absolute atomic E-state index is 0.00786. The lowest BCUT2D eigenvalue weighted by Crippen LogP contribution is -2.51. The van der Waals surface area contributed by atoms with Gasteiger partial charge in [0.2, 0.25) is 11.8 Å². The Balaban J connectivity index is 1.86. The smallest absolute Gasteiger partial charge is 0.223 e. The van der Waals surface area contributed by atoms with Gasteiger partial charge in [0.1, 0.15) is 5.82 Å². The quantitative estimate of drug-likeness (QED) is 0.609. The van der Waals surface area contributed by atoms with Crippen LogP contribution in [0.5, 0.6) is 0 Å². The fourth-order valence-corrected chi connectivity index (χ4v) is 3.64. The summed E-state index contributed by atoms with van der Waals surface area (Å²) in [6.45, 7) is 13.5. The van der Waals surface area contributed by atoms with Gasteiger partial charge in [-0.2, -0.15) is 0 Å². The Labute approximate surface area is 181 Å². The monoisotopic (exact) mass is 419 g/mol. The predicted octanol–water partition coefficient (Wildman–Crippen LogP) is 3.92. The van der Waals surface area contributed by atoms with Crippen molar-refractivity contribution >= 4 is 11.8 Å². The first-order valence-corrected chi connectivity index (χ1v) is 11.2. The zero-order valence-electron chi connectivity index (χ0n) is 19.1. The largest absolute Gasteiger partial charge is 0.340 e. The van der Waals surface area contributed by atoms with Gasteiger partial charge in [-0.05, 0) is 29.5 Å². The number of amides is 2. The Morgan fingerprint density at radius 1 is 1.07 bits per heavy atom. The second-order valence-corrected chi connectivity index (χ2v) is 9.51. The van der Waals surface area contributed by atoms with Crippen molar-refractivity contribution in [2.75, 3.05) is 39.3 Å². The topological polar surface area (TPSA) is 43.9 Å². The van der Waals surface area contributed by atoms with E-state index in [9.17, 15) is 14.0 Å². The third kappa shape index (κ3) is 8.42. The first kappa shape index (κ1) is 24.3. The van der Waals surface area contributed by atoms with Crippen LogP contribution in [0.2, 0.25) is 0 Å². The lowest BCUT2D eigenvalue weighted by Gasteiger charge is -2.37. The van der Waals surface area contributed by atoms with Crippen LogP contribution in [-0.4, -0.2) is 65.8 Å². The second kappa shape index (κ2) is 11.4. The maximum absolute atomic E-state index is 13.2. The molecule has 0 spiro atoms. The molecular weight excluding hydrogens is 381 g/mol. The molecule has 0 radical (unpaired) electrons. The van der Waals surface area contributed by atoms with Crippen LogP contribution >= 0.6 is 0 Å². The molecule has 1 aromatic rings. The lowest BCUT2D eigenvalue weighted by molar-refractivity contribution is -0.134. The average molecular weight is 420 g/mol. The van der Waals surface area contributed by atoms with E-state index in [1.807, 2.05) is 9.80 Å². The van der Waals surface area contributed by atoms with Gasteiger partial charge in [0.05, 0.1) is 0 Å². The molecular formula is C24H38FN3O2. The average Bonchev–Trinajstić information content (AvgIpc) is 2.69. The SMILES string of the molecule is CCCCC(=O)N(CCN1CCN(C(=O)CC(C)(C)C)CC1)Cc1ccc(F)cc1. The number of unbranched alkanes of at least 4 members (excludes halogenated alkanes) is 1. The van der Waals surface area contributed by atoms with E-state index in [0.29, 0.717) is 25.9 Å². The standard InChI is InChI=1S/C24H38FN3O2/c1-5-6-7-22(29)28(19-20-8-10-21(25)11-9-20)17-14-26-12-15-27(16-13-26)23(30)18-24(2,3)4/h8-11H,5-7,12-19H2,1-4H3. The summed E-state index contributed by atoms with van der Waals surface area (Å²) in [4.78, 5) is 31.3. The summed E-state index contributed by atoms with van der Waals surface area (Å²) in [5.74, 6) is 0.122. The Kier molecular flexibility index (Phi) is 9.28. The summed E-state index contributed by atoms with van der Waals surface area (Å²) < 4.78 is 13.2. The molecule has 5 nitrogen and oxygen atoms in total. The number of hydrogen-bond donors (Lipinski definition) is 0. The molecule has 0 saturated carbocycles. The molecule has 1 heterocycles. The first-order valence-electron chi connectivity index (χ1n) is 11.2. The molecule has 1 aliphatic heterocycles. The highest BCUT2D eigenvalue weighted by Gasteiger charge is 2.25. The first-order chi connectivity index (χ1) is 14.2. The molecule has 0 bridgehead atoms. The van der Waals surface area contributed by atoms with Gasteiger partial charge in [-0.3, -0.25) is 14.5 Å². The van der Waals surface area contributed by atoms with Gasteiger partial charge in [-0.1, -0.05) is 46.2 Å². The van der Waals surface area contributed by atoms with Crippen LogP contribution in [0.3, 0.4) is 0 Å². The Hall–Kier alpha value is -1.95. The minimum atomic E-state index is -0.263. The summed E-state index contributed by atoms with van der Waals surface area (Å²) in [5.41, 5.74) is 0.951. The summed E-state index contributed by atoms with van der Waals surface area (Å²) >= 11 is 0. The highest BCUT2D eigenvalue weighted by Crippen LogP contribution is 2.20. The van der Waals surface area contributed by atoms with Gasteiger partial charge in [0, 0.05) is 58.7 Å².